The van der Waals surface area contributed by atoms with E-state index in [4.69, 9.17) is 0 Å². The van der Waals surface area contributed by atoms with E-state index in [9.17, 15) is 10.2 Å². The zero-order valence-electron chi connectivity index (χ0n) is 18.1. The quantitative estimate of drug-likeness (QED) is 0.560. The molecule has 0 radical (unpaired) electrons. The number of fused-ring (bicyclic) bond motifs is 5. The summed E-state index contributed by atoms with van der Waals surface area (Å²) in [5.41, 5.74) is 1.20. The minimum atomic E-state index is -0.604. The van der Waals surface area contributed by atoms with Crippen molar-refractivity contribution in [2.45, 2.75) is 82.1 Å². The van der Waals surface area contributed by atoms with Gasteiger partial charge in [-0.25, -0.2) is 4.98 Å². The Morgan fingerprint density at radius 2 is 1.97 bits per heavy atom. The number of imidazole rings is 1. The minimum Gasteiger partial charge on any atom is -0.393 e. The van der Waals surface area contributed by atoms with E-state index in [1.165, 1.54) is 12.0 Å². The Labute approximate surface area is 179 Å². The molecule has 5 rings (SSSR count). The monoisotopic (exact) mass is 416 g/mol. The van der Waals surface area contributed by atoms with E-state index in [1.807, 2.05) is 24.0 Å². The fourth-order valence-corrected chi connectivity index (χ4v) is 8.91. The molecule has 0 spiro atoms. The van der Waals surface area contributed by atoms with Gasteiger partial charge < -0.3 is 14.8 Å². The van der Waals surface area contributed by atoms with Gasteiger partial charge in [0.2, 0.25) is 0 Å². The molecule has 1 aromatic heterocycles. The van der Waals surface area contributed by atoms with Crippen LogP contribution in [0.1, 0.15) is 65.2 Å². The SMILES string of the molecule is Cn1ccnc1SC[C@]1(O)CCC2C3CC=C4CC(O)CC[C@]4(C)C3CC[C@@]21C. The standard InChI is InChI=1S/C24H36N2O2S/c1-22-9-6-17(27)14-16(22)4-5-18-19(22)7-10-23(2)20(18)8-11-24(23,28)15-29-21-25-12-13-26(21)3/h4,12-13,17-20,27-28H,5-11,14-15H2,1-3H3/t17?,18?,19?,20?,22-,23-,24+/m0/s1. The van der Waals surface area contributed by atoms with Crippen LogP contribution in [0.15, 0.2) is 29.2 Å². The third kappa shape index (κ3) is 2.90. The van der Waals surface area contributed by atoms with Crippen molar-refractivity contribution in [1.82, 2.24) is 9.55 Å². The van der Waals surface area contributed by atoms with E-state index in [2.05, 4.69) is 24.9 Å². The molecule has 5 heteroatoms. The molecule has 0 saturated heterocycles. The summed E-state index contributed by atoms with van der Waals surface area (Å²) in [4.78, 5) is 4.45. The molecule has 160 valence electrons. The average Bonchev–Trinajstić information content (AvgIpc) is 3.22. The summed E-state index contributed by atoms with van der Waals surface area (Å²) >= 11 is 1.71. The average molecular weight is 417 g/mol. The Bertz CT molecular complexity index is 822. The number of rotatable bonds is 3. The summed E-state index contributed by atoms with van der Waals surface area (Å²) in [6, 6.07) is 0. The van der Waals surface area contributed by atoms with Gasteiger partial charge in [0.25, 0.3) is 0 Å². The molecule has 4 aliphatic rings. The number of aliphatic hydroxyl groups excluding tert-OH is 1. The summed E-state index contributed by atoms with van der Waals surface area (Å²) in [5, 5.41) is 23.0. The molecule has 3 saturated carbocycles. The first-order valence-electron chi connectivity index (χ1n) is 11.5. The fraction of sp³-hybridized carbons (Fsp3) is 0.792. The van der Waals surface area contributed by atoms with E-state index in [-0.39, 0.29) is 16.9 Å². The van der Waals surface area contributed by atoms with E-state index in [0.29, 0.717) is 11.8 Å². The Morgan fingerprint density at radius 3 is 2.72 bits per heavy atom. The number of aliphatic hydroxyl groups is 2. The van der Waals surface area contributed by atoms with Crippen LogP contribution in [0.2, 0.25) is 0 Å². The second kappa shape index (κ2) is 6.86. The molecule has 4 aliphatic carbocycles. The van der Waals surface area contributed by atoms with Crippen molar-refractivity contribution in [3.63, 3.8) is 0 Å². The molecule has 1 aromatic rings. The summed E-state index contributed by atoms with van der Waals surface area (Å²) in [6.45, 7) is 4.86. The lowest BCUT2D eigenvalue weighted by Gasteiger charge is -2.59. The van der Waals surface area contributed by atoms with E-state index in [0.717, 1.165) is 61.8 Å². The fourth-order valence-electron chi connectivity index (χ4n) is 7.66. The molecular formula is C24H36N2O2S. The maximum absolute atomic E-state index is 11.9. The van der Waals surface area contributed by atoms with Crippen LogP contribution in [0.5, 0.6) is 0 Å². The Balaban J connectivity index is 1.39. The number of hydrogen-bond donors (Lipinski definition) is 2. The molecule has 0 aliphatic heterocycles. The predicted molar refractivity (Wildman–Crippen MR) is 117 cm³/mol. The van der Waals surface area contributed by atoms with Crippen LogP contribution < -0.4 is 0 Å². The lowest BCUT2D eigenvalue weighted by molar-refractivity contribution is -0.113. The van der Waals surface area contributed by atoms with Crippen molar-refractivity contribution in [3.8, 4) is 0 Å². The number of thioether (sulfide) groups is 1. The number of aromatic nitrogens is 2. The van der Waals surface area contributed by atoms with Gasteiger partial charge in [0.1, 0.15) is 0 Å². The van der Waals surface area contributed by atoms with Gasteiger partial charge in [-0.05, 0) is 74.5 Å². The third-order valence-electron chi connectivity index (χ3n) is 9.62. The Hall–Kier alpha value is -0.780. The van der Waals surface area contributed by atoms with Crippen LogP contribution in [-0.2, 0) is 7.05 Å². The van der Waals surface area contributed by atoms with Crippen molar-refractivity contribution in [2.24, 2.45) is 35.6 Å². The molecule has 0 aromatic carbocycles. The smallest absolute Gasteiger partial charge is 0.167 e. The Morgan fingerprint density at radius 1 is 1.17 bits per heavy atom. The van der Waals surface area contributed by atoms with Crippen molar-refractivity contribution in [3.05, 3.63) is 24.0 Å². The number of aryl methyl sites for hydroxylation is 1. The molecule has 2 N–H and O–H groups in total. The number of nitrogens with zero attached hydrogens (tertiary/aromatic N) is 2. The van der Waals surface area contributed by atoms with Crippen molar-refractivity contribution in [2.75, 3.05) is 5.75 Å². The highest BCUT2D eigenvalue weighted by Gasteiger charge is 2.63. The number of hydrogen-bond acceptors (Lipinski definition) is 4. The zero-order chi connectivity index (χ0) is 20.4. The molecule has 4 nitrogen and oxygen atoms in total. The molecule has 1 heterocycles. The topological polar surface area (TPSA) is 58.3 Å². The maximum Gasteiger partial charge on any atom is 0.167 e. The van der Waals surface area contributed by atoms with Crippen LogP contribution in [0, 0.1) is 28.6 Å². The van der Waals surface area contributed by atoms with Gasteiger partial charge >= 0.3 is 0 Å². The first-order chi connectivity index (χ1) is 13.8. The molecule has 0 bridgehead atoms. The molecule has 3 fully saturated rings. The lowest BCUT2D eigenvalue weighted by atomic mass is 9.47. The van der Waals surface area contributed by atoms with Gasteiger partial charge in [-0.15, -0.1) is 0 Å². The van der Waals surface area contributed by atoms with Crippen LogP contribution >= 0.6 is 11.8 Å². The summed E-state index contributed by atoms with van der Waals surface area (Å²) in [5.74, 6) is 2.75. The van der Waals surface area contributed by atoms with Crippen molar-refractivity contribution < 1.29 is 10.2 Å². The number of allylic oxidation sites excluding steroid dienone is 1. The van der Waals surface area contributed by atoms with E-state index in [1.54, 1.807) is 11.8 Å². The first kappa shape index (κ1) is 20.1. The van der Waals surface area contributed by atoms with Crippen LogP contribution in [-0.4, -0.2) is 37.2 Å². The van der Waals surface area contributed by atoms with Gasteiger partial charge in [-0.3, -0.25) is 0 Å². The minimum absolute atomic E-state index is 0.00220. The maximum atomic E-state index is 11.9. The van der Waals surface area contributed by atoms with Crippen LogP contribution in [0.3, 0.4) is 0 Å². The van der Waals surface area contributed by atoms with Crippen LogP contribution in [0.4, 0.5) is 0 Å². The Kier molecular flexibility index (Phi) is 4.77. The summed E-state index contributed by atoms with van der Waals surface area (Å²) in [6.07, 6.45) is 14.7. The summed E-state index contributed by atoms with van der Waals surface area (Å²) < 4.78 is 2.05. The molecule has 0 amide bonds. The second-order valence-electron chi connectivity index (χ2n) is 10.8. The van der Waals surface area contributed by atoms with Gasteiger partial charge in [0, 0.05) is 30.6 Å². The van der Waals surface area contributed by atoms with Gasteiger partial charge in [-0.1, -0.05) is 37.3 Å². The third-order valence-corrected chi connectivity index (χ3v) is 10.9. The van der Waals surface area contributed by atoms with Gasteiger partial charge in [0.05, 0.1) is 11.7 Å². The van der Waals surface area contributed by atoms with E-state index >= 15 is 0 Å². The summed E-state index contributed by atoms with van der Waals surface area (Å²) in [7, 11) is 2.03. The molecule has 7 atom stereocenters. The lowest BCUT2D eigenvalue weighted by Crippen LogP contribution is -2.55. The first-order valence-corrected chi connectivity index (χ1v) is 12.5. The highest BCUT2D eigenvalue weighted by Crippen LogP contribution is 2.67. The van der Waals surface area contributed by atoms with Gasteiger partial charge in [-0.2, -0.15) is 0 Å². The highest BCUT2D eigenvalue weighted by atomic mass is 32.2. The molecule has 4 unspecified atom stereocenters. The van der Waals surface area contributed by atoms with Crippen LogP contribution in [0.25, 0.3) is 0 Å². The highest BCUT2D eigenvalue weighted by molar-refractivity contribution is 7.99. The molecular weight excluding hydrogens is 380 g/mol. The normalized spacial score (nSPS) is 46.6. The zero-order valence-corrected chi connectivity index (χ0v) is 18.9. The largest absolute Gasteiger partial charge is 0.393 e. The van der Waals surface area contributed by atoms with Crippen molar-refractivity contribution in [1.29, 1.82) is 0 Å². The second-order valence-corrected chi connectivity index (χ2v) is 11.7. The molecule has 29 heavy (non-hydrogen) atoms. The predicted octanol–water partition coefficient (Wildman–Crippen LogP) is 4.57. The van der Waals surface area contributed by atoms with Crippen molar-refractivity contribution >= 4 is 11.8 Å². The van der Waals surface area contributed by atoms with E-state index < -0.39 is 5.60 Å². The van der Waals surface area contributed by atoms with Gasteiger partial charge in [0.15, 0.2) is 5.16 Å².